The predicted molar refractivity (Wildman–Crippen MR) is 138 cm³/mol. The van der Waals surface area contributed by atoms with Crippen LogP contribution in [-0.4, -0.2) is 35.4 Å². The van der Waals surface area contributed by atoms with Crippen molar-refractivity contribution in [3.05, 3.63) is 63.1 Å². The summed E-state index contributed by atoms with van der Waals surface area (Å²) in [5, 5.41) is 4.76. The van der Waals surface area contributed by atoms with Crippen LogP contribution in [0, 0.1) is 0 Å². The maximum Gasteiger partial charge on any atom is 0.242 e. The van der Waals surface area contributed by atoms with Gasteiger partial charge in [0.15, 0.2) is 0 Å². The van der Waals surface area contributed by atoms with Crippen molar-refractivity contribution in [3.63, 3.8) is 0 Å². The molecule has 0 heterocycles. The van der Waals surface area contributed by atoms with Crippen molar-refractivity contribution >= 4 is 46.6 Å². The second-order valence-corrected chi connectivity index (χ2v) is 9.96. The summed E-state index contributed by atoms with van der Waals surface area (Å²) in [6.45, 7) is 2.38. The van der Waals surface area contributed by atoms with Gasteiger partial charge in [-0.15, -0.1) is 0 Å². The van der Waals surface area contributed by atoms with Crippen LogP contribution in [0.2, 0.25) is 15.1 Å². The molecule has 34 heavy (non-hydrogen) atoms. The van der Waals surface area contributed by atoms with Gasteiger partial charge in [0.2, 0.25) is 11.8 Å². The van der Waals surface area contributed by atoms with Gasteiger partial charge in [0, 0.05) is 34.1 Å². The first kappa shape index (κ1) is 26.7. The molecule has 0 aromatic heterocycles. The molecule has 1 N–H and O–H groups in total. The number of nitrogens with zero attached hydrogens (tertiary/aromatic N) is 1. The fourth-order valence-electron chi connectivity index (χ4n) is 4.07. The summed E-state index contributed by atoms with van der Waals surface area (Å²) in [6.07, 6.45) is 6.18. The van der Waals surface area contributed by atoms with Crippen LogP contribution in [0.1, 0.15) is 57.4 Å². The van der Waals surface area contributed by atoms with Crippen LogP contribution in [0.5, 0.6) is 5.75 Å². The zero-order chi connectivity index (χ0) is 24.5. The van der Waals surface area contributed by atoms with E-state index in [1.165, 1.54) is 6.42 Å². The first-order valence-electron chi connectivity index (χ1n) is 11.8. The molecule has 1 aliphatic rings. The molecule has 0 aliphatic heterocycles. The summed E-state index contributed by atoms with van der Waals surface area (Å²) < 4.78 is 5.71. The van der Waals surface area contributed by atoms with Crippen LogP contribution < -0.4 is 10.1 Å². The van der Waals surface area contributed by atoms with E-state index in [2.05, 4.69) is 5.32 Å². The van der Waals surface area contributed by atoms with Gasteiger partial charge in [0.1, 0.15) is 11.8 Å². The number of amides is 2. The van der Waals surface area contributed by atoms with Crippen LogP contribution in [0.3, 0.4) is 0 Å². The van der Waals surface area contributed by atoms with E-state index in [1.807, 2.05) is 0 Å². The fourth-order valence-corrected chi connectivity index (χ4v) is 4.67. The van der Waals surface area contributed by atoms with Crippen molar-refractivity contribution < 1.29 is 14.3 Å². The first-order valence-corrected chi connectivity index (χ1v) is 12.9. The van der Waals surface area contributed by atoms with Crippen LogP contribution in [0.4, 0.5) is 0 Å². The SMILES string of the molecule is CC(C(=O)NC1CCCCC1)N(Cc1ccc(Cl)cc1Cl)C(=O)CCCOc1ccc(Cl)cc1. The lowest BCUT2D eigenvalue weighted by Crippen LogP contribution is -2.50. The van der Waals surface area contributed by atoms with E-state index in [-0.39, 0.29) is 30.8 Å². The van der Waals surface area contributed by atoms with E-state index in [0.717, 1.165) is 31.2 Å². The third-order valence-electron chi connectivity index (χ3n) is 6.09. The summed E-state index contributed by atoms with van der Waals surface area (Å²) in [5.74, 6) is 0.432. The highest BCUT2D eigenvalue weighted by Crippen LogP contribution is 2.24. The van der Waals surface area contributed by atoms with Gasteiger partial charge in [-0.2, -0.15) is 0 Å². The van der Waals surface area contributed by atoms with E-state index in [1.54, 1.807) is 54.3 Å². The molecule has 184 valence electrons. The van der Waals surface area contributed by atoms with Gasteiger partial charge in [-0.05, 0) is 68.1 Å². The van der Waals surface area contributed by atoms with Crippen molar-refractivity contribution in [1.82, 2.24) is 10.2 Å². The third-order valence-corrected chi connectivity index (χ3v) is 6.93. The van der Waals surface area contributed by atoms with Gasteiger partial charge in [-0.1, -0.05) is 60.1 Å². The second-order valence-electron chi connectivity index (χ2n) is 8.68. The highest BCUT2D eigenvalue weighted by molar-refractivity contribution is 6.35. The van der Waals surface area contributed by atoms with Crippen molar-refractivity contribution in [2.24, 2.45) is 0 Å². The van der Waals surface area contributed by atoms with Gasteiger partial charge in [-0.25, -0.2) is 0 Å². The second kappa shape index (κ2) is 13.2. The largest absolute Gasteiger partial charge is 0.494 e. The molecule has 2 aromatic rings. The van der Waals surface area contributed by atoms with E-state index < -0.39 is 6.04 Å². The number of halogens is 3. The number of benzene rings is 2. The van der Waals surface area contributed by atoms with Crippen LogP contribution in [0.25, 0.3) is 0 Å². The Kier molecular flexibility index (Phi) is 10.4. The molecular formula is C26H31Cl3N2O3. The molecule has 3 rings (SSSR count). The Morgan fingerprint density at radius 1 is 1.03 bits per heavy atom. The Labute approximate surface area is 216 Å². The van der Waals surface area contributed by atoms with Crippen LogP contribution in [-0.2, 0) is 16.1 Å². The first-order chi connectivity index (χ1) is 16.3. The lowest BCUT2D eigenvalue weighted by atomic mass is 9.95. The molecule has 2 amide bonds. The van der Waals surface area contributed by atoms with Crippen molar-refractivity contribution in [2.45, 2.75) is 70.5 Å². The Bertz CT molecular complexity index is 962. The number of hydrogen-bond acceptors (Lipinski definition) is 3. The maximum atomic E-state index is 13.2. The van der Waals surface area contributed by atoms with Gasteiger partial charge >= 0.3 is 0 Å². The number of hydrogen-bond donors (Lipinski definition) is 1. The summed E-state index contributed by atoms with van der Waals surface area (Å²) in [7, 11) is 0. The van der Waals surface area contributed by atoms with Gasteiger partial charge < -0.3 is 15.0 Å². The zero-order valence-corrected chi connectivity index (χ0v) is 21.6. The van der Waals surface area contributed by atoms with Crippen molar-refractivity contribution in [3.8, 4) is 5.75 Å². The van der Waals surface area contributed by atoms with Gasteiger partial charge in [-0.3, -0.25) is 9.59 Å². The number of nitrogens with one attached hydrogen (secondary N) is 1. The van der Waals surface area contributed by atoms with Crippen molar-refractivity contribution in [1.29, 1.82) is 0 Å². The minimum Gasteiger partial charge on any atom is -0.494 e. The predicted octanol–water partition coefficient (Wildman–Crippen LogP) is 6.67. The highest BCUT2D eigenvalue weighted by atomic mass is 35.5. The lowest BCUT2D eigenvalue weighted by Gasteiger charge is -2.31. The fraction of sp³-hybridized carbons (Fsp3) is 0.462. The summed E-state index contributed by atoms with van der Waals surface area (Å²) >= 11 is 18.3. The molecule has 0 bridgehead atoms. The van der Waals surface area contributed by atoms with Crippen LogP contribution in [0.15, 0.2) is 42.5 Å². The Morgan fingerprint density at radius 3 is 2.38 bits per heavy atom. The normalized spacial score (nSPS) is 14.9. The minimum atomic E-state index is -0.627. The molecule has 1 unspecified atom stereocenters. The summed E-state index contributed by atoms with van der Waals surface area (Å²) in [5.41, 5.74) is 0.745. The average molecular weight is 526 g/mol. The molecule has 0 spiro atoms. The van der Waals surface area contributed by atoms with Gasteiger partial charge in [0.25, 0.3) is 0 Å². The number of carbonyl (C=O) groups is 2. The van der Waals surface area contributed by atoms with E-state index >= 15 is 0 Å². The van der Waals surface area contributed by atoms with Gasteiger partial charge in [0.05, 0.1) is 6.61 Å². The molecule has 2 aromatic carbocycles. The Hall–Kier alpha value is -1.95. The quantitative estimate of drug-likeness (QED) is 0.352. The molecule has 1 aliphatic carbocycles. The molecule has 0 radical (unpaired) electrons. The van der Waals surface area contributed by atoms with E-state index in [9.17, 15) is 9.59 Å². The van der Waals surface area contributed by atoms with E-state index in [4.69, 9.17) is 39.5 Å². The average Bonchev–Trinajstić information content (AvgIpc) is 2.82. The summed E-state index contributed by atoms with van der Waals surface area (Å²) in [4.78, 5) is 27.9. The zero-order valence-electron chi connectivity index (χ0n) is 19.4. The molecule has 5 nitrogen and oxygen atoms in total. The lowest BCUT2D eigenvalue weighted by molar-refractivity contribution is -0.141. The molecule has 0 saturated heterocycles. The monoisotopic (exact) mass is 524 g/mol. The maximum absolute atomic E-state index is 13.2. The van der Waals surface area contributed by atoms with Crippen molar-refractivity contribution in [2.75, 3.05) is 6.61 Å². The molecule has 8 heteroatoms. The molecule has 1 saturated carbocycles. The Morgan fingerprint density at radius 2 is 1.71 bits per heavy atom. The Balaban J connectivity index is 1.63. The molecular weight excluding hydrogens is 495 g/mol. The summed E-state index contributed by atoms with van der Waals surface area (Å²) in [6, 6.07) is 11.8. The standard InChI is InChI=1S/C26H31Cl3N2O3/c1-18(26(33)30-22-6-3-2-4-7-22)31(17-19-9-10-21(28)16-24(19)29)25(32)8-5-15-34-23-13-11-20(27)12-14-23/h9-14,16,18,22H,2-8,15,17H2,1H3,(H,30,33). The smallest absolute Gasteiger partial charge is 0.242 e. The molecule has 1 fully saturated rings. The number of rotatable bonds is 10. The number of ether oxygens (including phenoxy) is 1. The third kappa shape index (κ3) is 8.07. The highest BCUT2D eigenvalue weighted by Gasteiger charge is 2.28. The van der Waals surface area contributed by atoms with E-state index in [0.29, 0.717) is 33.8 Å². The minimum absolute atomic E-state index is 0.128. The number of carbonyl (C=O) groups excluding carboxylic acids is 2. The van der Waals surface area contributed by atoms with Crippen LogP contribution >= 0.6 is 34.8 Å². The molecule has 1 atom stereocenters. The topological polar surface area (TPSA) is 58.6 Å².